The minimum Gasteiger partial charge on any atom is -0.423 e. The Labute approximate surface area is 331 Å². The molecule has 0 radical (unpaired) electrons. The van der Waals surface area contributed by atoms with Gasteiger partial charge in [0.2, 0.25) is 12.3 Å². The van der Waals surface area contributed by atoms with E-state index in [1.54, 1.807) is 0 Å². The Morgan fingerprint density at radius 3 is 1.05 bits per heavy atom. The molecule has 1 heterocycles. The van der Waals surface area contributed by atoms with Gasteiger partial charge in [-0.3, -0.25) is 0 Å². The van der Waals surface area contributed by atoms with Crippen molar-refractivity contribution in [3.63, 3.8) is 0 Å². The van der Waals surface area contributed by atoms with Gasteiger partial charge in [0.1, 0.15) is 0 Å². The highest BCUT2D eigenvalue weighted by Crippen LogP contribution is 2.58. The molecule has 0 fully saturated rings. The zero-order chi connectivity index (χ0) is 38.4. The number of benzene rings is 6. The van der Waals surface area contributed by atoms with Crippen LogP contribution in [0.5, 0.6) is 0 Å². The van der Waals surface area contributed by atoms with Crippen LogP contribution in [0.1, 0.15) is 113 Å². The summed E-state index contributed by atoms with van der Waals surface area (Å²) in [5, 5.41) is 8.16. The number of fused-ring (bicyclic) bond motifs is 9. The average molecular weight is 731 g/mol. The Kier molecular flexibility index (Phi) is 7.95. The van der Waals surface area contributed by atoms with Crippen molar-refractivity contribution in [3.8, 4) is 67.1 Å². The third-order valence-corrected chi connectivity index (χ3v) is 14.9. The summed E-state index contributed by atoms with van der Waals surface area (Å²) in [6.45, 7) is 14.2. The van der Waals surface area contributed by atoms with Gasteiger partial charge in [0, 0.05) is 21.8 Å². The minimum atomic E-state index is -0.0784. The maximum Gasteiger partial charge on any atom is 0.247 e. The van der Waals surface area contributed by atoms with Crippen molar-refractivity contribution in [1.82, 2.24) is 10.2 Å². The van der Waals surface area contributed by atoms with Crippen molar-refractivity contribution < 1.29 is 4.42 Å². The van der Waals surface area contributed by atoms with Crippen LogP contribution in [0.3, 0.4) is 0 Å². The third kappa shape index (κ3) is 4.52. The fourth-order valence-electron chi connectivity index (χ4n) is 11.6. The van der Waals surface area contributed by atoms with E-state index in [0.29, 0.717) is 5.89 Å². The molecule has 3 aliphatic rings. The molecule has 6 aromatic carbocycles. The van der Waals surface area contributed by atoms with Crippen LogP contribution in [-0.2, 0) is 16.2 Å². The molecule has 0 saturated carbocycles. The van der Waals surface area contributed by atoms with E-state index in [0.717, 1.165) is 44.1 Å². The Bertz CT molecular complexity index is 2670. The zero-order valence-electron chi connectivity index (χ0n) is 33.6. The first-order valence-electron chi connectivity index (χ1n) is 21.0. The fourth-order valence-corrected chi connectivity index (χ4v) is 11.6. The molecule has 0 saturated heterocycles. The van der Waals surface area contributed by atoms with Gasteiger partial charge in [0.15, 0.2) is 0 Å². The van der Waals surface area contributed by atoms with E-state index in [1.165, 1.54) is 95.4 Å². The van der Waals surface area contributed by atoms with Gasteiger partial charge in [-0.05, 0) is 164 Å². The van der Waals surface area contributed by atoms with Gasteiger partial charge >= 0.3 is 0 Å². The van der Waals surface area contributed by atoms with Crippen LogP contribution < -0.4 is 0 Å². The van der Waals surface area contributed by atoms with E-state index < -0.39 is 0 Å². The molecule has 3 aliphatic carbocycles. The maximum absolute atomic E-state index is 5.61. The molecule has 0 unspecified atom stereocenters. The van der Waals surface area contributed by atoms with Crippen LogP contribution in [0.2, 0.25) is 0 Å². The second-order valence-electron chi connectivity index (χ2n) is 16.5. The number of rotatable bonds is 9. The summed E-state index contributed by atoms with van der Waals surface area (Å²) in [4.78, 5) is 0. The van der Waals surface area contributed by atoms with Crippen molar-refractivity contribution in [2.75, 3.05) is 0 Å². The number of hydrogen-bond acceptors (Lipinski definition) is 3. The third-order valence-electron chi connectivity index (χ3n) is 14.9. The average Bonchev–Trinajstić information content (AvgIpc) is 4.02. The van der Waals surface area contributed by atoms with Crippen LogP contribution in [0, 0.1) is 0 Å². The quantitative estimate of drug-likeness (QED) is 0.148. The summed E-state index contributed by atoms with van der Waals surface area (Å²) in [6.07, 6.45) is 7.77. The molecule has 278 valence electrons. The van der Waals surface area contributed by atoms with Gasteiger partial charge in [0.25, 0.3) is 0 Å². The summed E-state index contributed by atoms with van der Waals surface area (Å²) < 4.78 is 5.61. The highest BCUT2D eigenvalue weighted by molar-refractivity contribution is 5.90. The normalized spacial score (nSPS) is 15.8. The van der Waals surface area contributed by atoms with Gasteiger partial charge in [-0.2, -0.15) is 0 Å². The second kappa shape index (κ2) is 12.7. The second-order valence-corrected chi connectivity index (χ2v) is 16.5. The van der Waals surface area contributed by atoms with Crippen LogP contribution in [0.15, 0.2) is 126 Å². The lowest BCUT2D eigenvalue weighted by atomic mass is 9.72. The van der Waals surface area contributed by atoms with E-state index in [1.807, 2.05) is 0 Å². The number of nitrogens with zero attached hydrogens (tertiary/aromatic N) is 2. The standard InChI is InChI=1S/C53H50N2O/c1-7-51(8-2)44-16-14-13-15-38(44)39-22-17-33(27-45(39)51)34-18-23-40-41-24-19-35(29-47(41)52(9-3,10-4)46(40)28-34)36-20-25-42-43-26-21-37(50-55-54-32-56-50)31-49(43)53(11-5,12-6)48(42)30-36/h13-32H,7-12H2,1-6H3. The largest absolute Gasteiger partial charge is 0.423 e. The van der Waals surface area contributed by atoms with Crippen LogP contribution >= 0.6 is 0 Å². The van der Waals surface area contributed by atoms with Gasteiger partial charge in [-0.15, -0.1) is 10.2 Å². The molecule has 0 spiro atoms. The number of aromatic nitrogens is 2. The molecule has 0 atom stereocenters. The summed E-state index contributed by atoms with van der Waals surface area (Å²) in [5.41, 5.74) is 23.1. The summed E-state index contributed by atoms with van der Waals surface area (Å²) >= 11 is 0. The highest BCUT2D eigenvalue weighted by atomic mass is 16.4. The Hall–Kier alpha value is -5.54. The lowest BCUT2D eigenvalue weighted by Gasteiger charge is -2.31. The zero-order valence-corrected chi connectivity index (χ0v) is 33.6. The predicted molar refractivity (Wildman–Crippen MR) is 231 cm³/mol. The van der Waals surface area contributed by atoms with Crippen LogP contribution in [0.25, 0.3) is 67.1 Å². The lowest BCUT2D eigenvalue weighted by Crippen LogP contribution is -2.23. The van der Waals surface area contributed by atoms with Crippen molar-refractivity contribution >= 4 is 0 Å². The van der Waals surface area contributed by atoms with E-state index in [4.69, 9.17) is 4.42 Å². The summed E-state index contributed by atoms with van der Waals surface area (Å²) in [7, 11) is 0. The molecule has 56 heavy (non-hydrogen) atoms. The summed E-state index contributed by atoms with van der Waals surface area (Å²) in [6, 6.07) is 44.9. The molecule has 0 N–H and O–H groups in total. The monoisotopic (exact) mass is 730 g/mol. The molecule has 3 heteroatoms. The SMILES string of the molecule is CCC1(CC)c2ccccc2-c2ccc(-c3ccc4c(c3)C(CC)(CC)c3cc(-c5ccc6c(c5)C(CC)(CC)c5cc(-c7nnco7)ccc5-6)ccc3-4)cc21. The Morgan fingerprint density at radius 1 is 0.375 bits per heavy atom. The molecule has 1 aromatic heterocycles. The van der Waals surface area contributed by atoms with Crippen LogP contribution in [-0.4, -0.2) is 10.2 Å². The molecule has 7 aromatic rings. The Balaban J connectivity index is 1.05. The predicted octanol–water partition coefficient (Wildman–Crippen LogP) is 14.3. The van der Waals surface area contributed by atoms with E-state index in [-0.39, 0.29) is 16.2 Å². The minimum absolute atomic E-state index is 0.0467. The summed E-state index contributed by atoms with van der Waals surface area (Å²) in [5.74, 6) is 0.570. The van der Waals surface area contributed by atoms with Crippen molar-refractivity contribution in [2.45, 2.75) is 96.3 Å². The molecule has 0 amide bonds. The van der Waals surface area contributed by atoms with Gasteiger partial charge in [-0.25, -0.2) is 0 Å². The smallest absolute Gasteiger partial charge is 0.247 e. The van der Waals surface area contributed by atoms with E-state index in [2.05, 4.69) is 167 Å². The first-order valence-corrected chi connectivity index (χ1v) is 21.0. The molecular formula is C53H50N2O. The highest BCUT2D eigenvalue weighted by Gasteiger charge is 2.44. The first kappa shape index (κ1) is 34.9. The lowest BCUT2D eigenvalue weighted by molar-refractivity contribution is 0.490. The van der Waals surface area contributed by atoms with Crippen molar-refractivity contribution in [2.24, 2.45) is 0 Å². The van der Waals surface area contributed by atoms with E-state index >= 15 is 0 Å². The van der Waals surface area contributed by atoms with Crippen molar-refractivity contribution in [3.05, 3.63) is 155 Å². The first-order chi connectivity index (χ1) is 27.4. The molecule has 0 aliphatic heterocycles. The fraction of sp³-hybridized carbons (Fsp3) is 0.283. The molecule has 3 nitrogen and oxygen atoms in total. The van der Waals surface area contributed by atoms with Crippen molar-refractivity contribution in [1.29, 1.82) is 0 Å². The maximum atomic E-state index is 5.61. The van der Waals surface area contributed by atoms with Crippen LogP contribution in [0.4, 0.5) is 0 Å². The number of hydrogen-bond donors (Lipinski definition) is 0. The molecule has 10 rings (SSSR count). The molecule has 0 bridgehead atoms. The van der Waals surface area contributed by atoms with Gasteiger partial charge in [-0.1, -0.05) is 120 Å². The van der Waals surface area contributed by atoms with E-state index in [9.17, 15) is 0 Å². The topological polar surface area (TPSA) is 38.9 Å². The van der Waals surface area contributed by atoms with Gasteiger partial charge in [0.05, 0.1) is 0 Å². The Morgan fingerprint density at radius 2 is 0.696 bits per heavy atom. The van der Waals surface area contributed by atoms with Gasteiger partial charge < -0.3 is 4.42 Å². The molecular weight excluding hydrogens is 681 g/mol.